The summed E-state index contributed by atoms with van der Waals surface area (Å²) in [6.45, 7) is 8.65. The Morgan fingerprint density at radius 2 is 2.17 bits per heavy atom. The predicted molar refractivity (Wildman–Crippen MR) is 73.9 cm³/mol. The average molecular weight is 247 g/mol. The molecule has 2 heterocycles. The van der Waals surface area contributed by atoms with Gasteiger partial charge < -0.3 is 10.2 Å². The van der Waals surface area contributed by atoms with Crippen LogP contribution in [0.25, 0.3) is 5.65 Å². The molecule has 2 aromatic heterocycles. The Balaban J connectivity index is 1.85. The fraction of sp³-hybridized carbons (Fsp3) is 0.538. The molecule has 0 unspecified atom stereocenters. The van der Waals surface area contributed by atoms with Crippen LogP contribution in [0.15, 0.2) is 24.5 Å². The van der Waals surface area contributed by atoms with E-state index in [0.717, 1.165) is 37.6 Å². The number of nitrogens with one attached hydrogen (secondary N) is 1. The summed E-state index contributed by atoms with van der Waals surface area (Å²) < 4.78 is 1.76. The van der Waals surface area contributed by atoms with Gasteiger partial charge in [-0.3, -0.25) is 0 Å². The quantitative estimate of drug-likeness (QED) is 0.811. The van der Waals surface area contributed by atoms with Gasteiger partial charge in [0.1, 0.15) is 5.82 Å². The van der Waals surface area contributed by atoms with Crippen LogP contribution in [0.1, 0.15) is 20.3 Å². The molecular formula is C13H21N5. The lowest BCUT2D eigenvalue weighted by atomic mass is 10.4. The van der Waals surface area contributed by atoms with Crippen molar-refractivity contribution in [3.63, 3.8) is 0 Å². The van der Waals surface area contributed by atoms with Gasteiger partial charge in [0, 0.05) is 25.4 Å². The zero-order valence-corrected chi connectivity index (χ0v) is 11.1. The summed E-state index contributed by atoms with van der Waals surface area (Å²) in [6.07, 6.45) is 4.88. The second kappa shape index (κ2) is 6.35. The average Bonchev–Trinajstić information content (AvgIpc) is 2.85. The first-order valence-electron chi connectivity index (χ1n) is 6.60. The first-order chi connectivity index (χ1) is 8.83. The zero-order valence-electron chi connectivity index (χ0n) is 11.1. The minimum atomic E-state index is 0.876. The standard InChI is InChI=1S/C13H21N5/c1-3-9-17(4-2)11-8-14-12-6-10-18-13(16-12)5-7-15-18/h5-7,10H,3-4,8-9,11H2,1-2H3,(H,14,16). The third-order valence-corrected chi connectivity index (χ3v) is 2.98. The summed E-state index contributed by atoms with van der Waals surface area (Å²) in [4.78, 5) is 6.91. The maximum atomic E-state index is 4.47. The summed E-state index contributed by atoms with van der Waals surface area (Å²) >= 11 is 0. The van der Waals surface area contributed by atoms with Gasteiger partial charge in [-0.25, -0.2) is 9.50 Å². The molecule has 0 saturated carbocycles. The highest BCUT2D eigenvalue weighted by Gasteiger charge is 2.01. The number of hydrogen-bond acceptors (Lipinski definition) is 4. The molecule has 0 radical (unpaired) electrons. The smallest absolute Gasteiger partial charge is 0.157 e. The lowest BCUT2D eigenvalue weighted by Gasteiger charge is -2.19. The fourth-order valence-electron chi connectivity index (χ4n) is 2.00. The van der Waals surface area contributed by atoms with E-state index in [0.29, 0.717) is 0 Å². The Hall–Kier alpha value is -1.62. The van der Waals surface area contributed by atoms with E-state index < -0.39 is 0 Å². The van der Waals surface area contributed by atoms with E-state index in [9.17, 15) is 0 Å². The van der Waals surface area contributed by atoms with E-state index >= 15 is 0 Å². The molecule has 0 spiro atoms. The molecule has 98 valence electrons. The molecular weight excluding hydrogens is 226 g/mol. The zero-order chi connectivity index (χ0) is 12.8. The van der Waals surface area contributed by atoms with Crippen molar-refractivity contribution in [3.8, 4) is 0 Å². The molecule has 0 amide bonds. The van der Waals surface area contributed by atoms with Crippen molar-refractivity contribution in [2.24, 2.45) is 0 Å². The van der Waals surface area contributed by atoms with E-state index in [2.05, 4.69) is 34.1 Å². The number of likely N-dealkylation sites (N-methyl/N-ethyl adjacent to an activating group) is 1. The molecule has 0 saturated heterocycles. The van der Waals surface area contributed by atoms with Gasteiger partial charge in [-0.15, -0.1) is 0 Å². The van der Waals surface area contributed by atoms with Crippen LogP contribution in [0.4, 0.5) is 5.82 Å². The number of rotatable bonds is 7. The molecule has 18 heavy (non-hydrogen) atoms. The Kier molecular flexibility index (Phi) is 4.52. The van der Waals surface area contributed by atoms with Crippen LogP contribution in [0.2, 0.25) is 0 Å². The highest BCUT2D eigenvalue weighted by molar-refractivity contribution is 5.45. The minimum absolute atomic E-state index is 0.876. The molecule has 5 nitrogen and oxygen atoms in total. The lowest BCUT2D eigenvalue weighted by Crippen LogP contribution is -2.29. The lowest BCUT2D eigenvalue weighted by molar-refractivity contribution is 0.300. The number of fused-ring (bicyclic) bond motifs is 1. The Morgan fingerprint density at radius 3 is 2.94 bits per heavy atom. The second-order valence-corrected chi connectivity index (χ2v) is 4.31. The molecule has 0 aromatic carbocycles. The van der Waals surface area contributed by atoms with Crippen LogP contribution in [0.5, 0.6) is 0 Å². The van der Waals surface area contributed by atoms with Crippen LogP contribution < -0.4 is 5.32 Å². The van der Waals surface area contributed by atoms with Crippen molar-refractivity contribution < 1.29 is 0 Å². The number of hydrogen-bond donors (Lipinski definition) is 1. The summed E-state index contributed by atoms with van der Waals surface area (Å²) in [5, 5.41) is 7.48. The van der Waals surface area contributed by atoms with Gasteiger partial charge in [-0.2, -0.15) is 5.10 Å². The van der Waals surface area contributed by atoms with E-state index in [4.69, 9.17) is 0 Å². The molecule has 0 aliphatic rings. The SMILES string of the molecule is CCCN(CC)CCNc1ccn2nccc2n1. The maximum Gasteiger partial charge on any atom is 0.157 e. The summed E-state index contributed by atoms with van der Waals surface area (Å²) in [7, 11) is 0. The van der Waals surface area contributed by atoms with Gasteiger partial charge in [0.05, 0.1) is 6.20 Å². The maximum absolute atomic E-state index is 4.47. The normalized spacial score (nSPS) is 11.3. The summed E-state index contributed by atoms with van der Waals surface area (Å²) in [6, 6.07) is 3.86. The van der Waals surface area contributed by atoms with E-state index in [1.807, 2.05) is 18.3 Å². The first-order valence-corrected chi connectivity index (χ1v) is 6.60. The van der Waals surface area contributed by atoms with E-state index in [-0.39, 0.29) is 0 Å². The third kappa shape index (κ3) is 3.20. The van der Waals surface area contributed by atoms with E-state index in [1.54, 1.807) is 10.7 Å². The third-order valence-electron chi connectivity index (χ3n) is 2.98. The minimum Gasteiger partial charge on any atom is -0.369 e. The highest BCUT2D eigenvalue weighted by Crippen LogP contribution is 2.05. The van der Waals surface area contributed by atoms with Crippen molar-refractivity contribution >= 4 is 11.5 Å². The topological polar surface area (TPSA) is 45.5 Å². The van der Waals surface area contributed by atoms with Crippen molar-refractivity contribution in [1.29, 1.82) is 0 Å². The van der Waals surface area contributed by atoms with Crippen LogP contribution >= 0.6 is 0 Å². The molecule has 0 aliphatic heterocycles. The van der Waals surface area contributed by atoms with Gasteiger partial charge in [-0.05, 0) is 25.6 Å². The predicted octanol–water partition coefficient (Wildman–Crippen LogP) is 1.87. The van der Waals surface area contributed by atoms with Crippen molar-refractivity contribution in [2.45, 2.75) is 20.3 Å². The monoisotopic (exact) mass is 247 g/mol. The molecule has 1 N–H and O–H groups in total. The molecule has 0 fully saturated rings. The van der Waals surface area contributed by atoms with Crippen molar-refractivity contribution in [3.05, 3.63) is 24.5 Å². The van der Waals surface area contributed by atoms with Gasteiger partial charge in [0.2, 0.25) is 0 Å². The van der Waals surface area contributed by atoms with Gasteiger partial charge in [0.25, 0.3) is 0 Å². The van der Waals surface area contributed by atoms with Gasteiger partial charge in [-0.1, -0.05) is 13.8 Å². The number of aromatic nitrogens is 3. The summed E-state index contributed by atoms with van der Waals surface area (Å²) in [5.74, 6) is 0.913. The fourth-order valence-corrected chi connectivity index (χ4v) is 2.00. The Labute approximate surface area is 108 Å². The van der Waals surface area contributed by atoms with E-state index in [1.165, 1.54) is 6.42 Å². The second-order valence-electron chi connectivity index (χ2n) is 4.31. The van der Waals surface area contributed by atoms with Crippen LogP contribution in [-0.2, 0) is 0 Å². The van der Waals surface area contributed by atoms with Crippen LogP contribution in [0.3, 0.4) is 0 Å². The largest absolute Gasteiger partial charge is 0.369 e. The Bertz CT molecular complexity index is 479. The van der Waals surface area contributed by atoms with Crippen LogP contribution in [0, 0.1) is 0 Å². The number of anilines is 1. The molecule has 5 heteroatoms. The molecule has 0 atom stereocenters. The summed E-state index contributed by atoms with van der Waals surface area (Å²) in [5.41, 5.74) is 0.876. The highest BCUT2D eigenvalue weighted by atomic mass is 15.2. The molecule has 2 rings (SSSR count). The van der Waals surface area contributed by atoms with Gasteiger partial charge >= 0.3 is 0 Å². The molecule has 2 aromatic rings. The van der Waals surface area contributed by atoms with Crippen molar-refractivity contribution in [1.82, 2.24) is 19.5 Å². The van der Waals surface area contributed by atoms with Crippen molar-refractivity contribution in [2.75, 3.05) is 31.5 Å². The molecule has 0 aliphatic carbocycles. The first kappa shape index (κ1) is 12.8. The Morgan fingerprint density at radius 1 is 1.28 bits per heavy atom. The van der Waals surface area contributed by atoms with Crippen LogP contribution in [-0.4, -0.2) is 45.7 Å². The van der Waals surface area contributed by atoms with Gasteiger partial charge in [0.15, 0.2) is 5.65 Å². The number of nitrogens with zero attached hydrogens (tertiary/aromatic N) is 4. The molecule has 0 bridgehead atoms.